The van der Waals surface area contributed by atoms with Crippen molar-refractivity contribution >= 4 is 11.0 Å². The molecule has 146 valence electrons. The number of H-pyrrole nitrogens is 1. The van der Waals surface area contributed by atoms with Crippen molar-refractivity contribution in [2.45, 2.75) is 25.9 Å². The summed E-state index contributed by atoms with van der Waals surface area (Å²) in [5.41, 5.74) is 8.16. The van der Waals surface area contributed by atoms with Gasteiger partial charge >= 0.3 is 0 Å². The van der Waals surface area contributed by atoms with Crippen LogP contribution in [-0.4, -0.2) is 44.8 Å². The maximum Gasteiger partial charge on any atom is 0.137 e. The molecular weight excluding hydrogens is 362 g/mol. The molecule has 4 aromatic rings. The average Bonchev–Trinajstić information content (AvgIpc) is 3.36. The van der Waals surface area contributed by atoms with Crippen LogP contribution >= 0.6 is 0 Å². The number of pyridine rings is 1. The molecule has 0 saturated carbocycles. The summed E-state index contributed by atoms with van der Waals surface area (Å²) >= 11 is 0. The van der Waals surface area contributed by atoms with Gasteiger partial charge in [0.05, 0.1) is 25.0 Å². The number of hydrogen-bond donors (Lipinski definition) is 1. The number of nitrogens with zero attached hydrogens (tertiary/aromatic N) is 4. The second-order valence-electron chi connectivity index (χ2n) is 8.06. The number of nitrogens with one attached hydrogen (secondary N) is 1. The van der Waals surface area contributed by atoms with Gasteiger partial charge in [-0.2, -0.15) is 5.10 Å². The molecule has 6 rings (SSSR count). The Bertz CT molecular complexity index is 1220. The van der Waals surface area contributed by atoms with E-state index < -0.39 is 0 Å². The molecule has 1 N–H and O–H groups in total. The number of aromatic amines is 1. The summed E-state index contributed by atoms with van der Waals surface area (Å²) in [7, 11) is 2.16. The predicted molar refractivity (Wildman–Crippen MR) is 113 cm³/mol. The van der Waals surface area contributed by atoms with E-state index in [-0.39, 0.29) is 0 Å². The van der Waals surface area contributed by atoms with Gasteiger partial charge in [0, 0.05) is 47.6 Å². The van der Waals surface area contributed by atoms with Crippen LogP contribution < -0.4 is 4.74 Å². The highest BCUT2D eigenvalue weighted by Gasteiger charge is 2.20. The summed E-state index contributed by atoms with van der Waals surface area (Å²) in [5.74, 6) is 1.02. The number of aryl methyl sites for hydroxylation is 1. The standard InChI is InChI=1S/C23H23N5O/c1-27-6-7-28-21(14-27)20(13-26-28)17-10-18-19(12-25-23(18)24-11-17)15-4-5-22-16(9-15)3-2-8-29-22/h4-5,9-13H,2-3,6-8,14H2,1H3,(H,24,25). The maximum atomic E-state index is 5.78. The van der Waals surface area contributed by atoms with Gasteiger partial charge in [-0.1, -0.05) is 6.07 Å². The molecule has 2 aliphatic heterocycles. The molecule has 0 fully saturated rings. The third kappa shape index (κ3) is 2.75. The van der Waals surface area contributed by atoms with Crippen LogP contribution in [0.15, 0.2) is 42.9 Å². The largest absolute Gasteiger partial charge is 0.493 e. The molecule has 5 heterocycles. The minimum Gasteiger partial charge on any atom is -0.493 e. The van der Waals surface area contributed by atoms with Crippen molar-refractivity contribution in [1.82, 2.24) is 24.6 Å². The van der Waals surface area contributed by atoms with Crippen LogP contribution in [0.3, 0.4) is 0 Å². The van der Waals surface area contributed by atoms with Gasteiger partial charge in [0.15, 0.2) is 0 Å². The molecule has 2 aliphatic rings. The third-order valence-electron chi connectivity index (χ3n) is 6.12. The molecule has 0 amide bonds. The van der Waals surface area contributed by atoms with E-state index in [1.165, 1.54) is 27.9 Å². The number of fused-ring (bicyclic) bond motifs is 3. The molecule has 0 atom stereocenters. The zero-order valence-electron chi connectivity index (χ0n) is 16.5. The molecule has 0 radical (unpaired) electrons. The summed E-state index contributed by atoms with van der Waals surface area (Å²) in [6, 6.07) is 8.76. The lowest BCUT2D eigenvalue weighted by atomic mass is 9.98. The third-order valence-corrected chi connectivity index (χ3v) is 6.12. The first-order chi connectivity index (χ1) is 14.3. The minimum absolute atomic E-state index is 0.817. The van der Waals surface area contributed by atoms with Gasteiger partial charge in [0.2, 0.25) is 0 Å². The Kier molecular flexibility index (Phi) is 3.74. The van der Waals surface area contributed by atoms with Gasteiger partial charge in [0.25, 0.3) is 0 Å². The Balaban J connectivity index is 1.46. The highest BCUT2D eigenvalue weighted by molar-refractivity contribution is 5.96. The fourth-order valence-electron chi connectivity index (χ4n) is 4.53. The van der Waals surface area contributed by atoms with Crippen LogP contribution in [0.4, 0.5) is 0 Å². The highest BCUT2D eigenvalue weighted by Crippen LogP contribution is 2.35. The summed E-state index contributed by atoms with van der Waals surface area (Å²) < 4.78 is 7.91. The Hall–Kier alpha value is -3.12. The number of hydrogen-bond acceptors (Lipinski definition) is 4. The van der Waals surface area contributed by atoms with E-state index in [0.717, 1.165) is 61.4 Å². The van der Waals surface area contributed by atoms with Crippen molar-refractivity contribution in [3.63, 3.8) is 0 Å². The van der Waals surface area contributed by atoms with Crippen LogP contribution in [0.2, 0.25) is 0 Å². The van der Waals surface area contributed by atoms with Gasteiger partial charge in [0.1, 0.15) is 11.4 Å². The molecule has 0 spiro atoms. The fraction of sp³-hybridized carbons (Fsp3) is 0.304. The number of ether oxygens (including phenoxy) is 1. The van der Waals surface area contributed by atoms with Crippen LogP contribution in [0, 0.1) is 0 Å². The van der Waals surface area contributed by atoms with Gasteiger partial charge in [-0.05, 0) is 49.2 Å². The first-order valence-corrected chi connectivity index (χ1v) is 10.2. The molecule has 3 aromatic heterocycles. The summed E-state index contributed by atoms with van der Waals surface area (Å²) in [4.78, 5) is 10.4. The Morgan fingerprint density at radius 3 is 3.00 bits per heavy atom. The van der Waals surface area contributed by atoms with Crippen molar-refractivity contribution in [3.8, 4) is 28.0 Å². The molecule has 1 aromatic carbocycles. The first kappa shape index (κ1) is 16.8. The molecule has 0 unspecified atom stereocenters. The first-order valence-electron chi connectivity index (χ1n) is 10.2. The van der Waals surface area contributed by atoms with Crippen molar-refractivity contribution in [3.05, 3.63) is 54.1 Å². The van der Waals surface area contributed by atoms with Gasteiger partial charge < -0.3 is 9.72 Å². The Labute approximate surface area is 169 Å². The topological polar surface area (TPSA) is 59.0 Å². The van der Waals surface area contributed by atoms with Gasteiger partial charge in [-0.15, -0.1) is 0 Å². The Morgan fingerprint density at radius 2 is 2.03 bits per heavy atom. The molecule has 0 saturated heterocycles. The predicted octanol–water partition coefficient (Wildman–Crippen LogP) is 3.86. The smallest absolute Gasteiger partial charge is 0.137 e. The monoisotopic (exact) mass is 385 g/mol. The van der Waals surface area contributed by atoms with E-state index in [9.17, 15) is 0 Å². The van der Waals surface area contributed by atoms with E-state index in [1.54, 1.807) is 0 Å². The maximum absolute atomic E-state index is 5.78. The average molecular weight is 385 g/mol. The normalized spacial score (nSPS) is 16.4. The van der Waals surface area contributed by atoms with Gasteiger partial charge in [-0.3, -0.25) is 9.58 Å². The van der Waals surface area contributed by atoms with Crippen LogP contribution in [0.1, 0.15) is 17.7 Å². The molecule has 6 nitrogen and oxygen atoms in total. The van der Waals surface area contributed by atoms with Crippen molar-refractivity contribution < 1.29 is 4.74 Å². The quantitative estimate of drug-likeness (QED) is 0.569. The highest BCUT2D eigenvalue weighted by atomic mass is 16.5. The van der Waals surface area contributed by atoms with Crippen LogP contribution in [0.25, 0.3) is 33.3 Å². The molecular formula is C23H23N5O. The zero-order chi connectivity index (χ0) is 19.4. The second kappa shape index (κ2) is 6.46. The van der Waals surface area contributed by atoms with Crippen molar-refractivity contribution in [1.29, 1.82) is 0 Å². The SMILES string of the molecule is CN1CCn2ncc(-c3cnc4[nH]cc(-c5ccc6c(c5)CCCO6)c4c3)c2C1. The number of benzene rings is 1. The molecule has 0 aliphatic carbocycles. The Morgan fingerprint density at radius 1 is 1.07 bits per heavy atom. The fourth-order valence-corrected chi connectivity index (χ4v) is 4.53. The molecule has 6 heteroatoms. The van der Waals surface area contributed by atoms with Gasteiger partial charge in [-0.25, -0.2) is 4.98 Å². The minimum atomic E-state index is 0.817. The van der Waals surface area contributed by atoms with Crippen LogP contribution in [-0.2, 0) is 19.5 Å². The van der Waals surface area contributed by atoms with E-state index >= 15 is 0 Å². The van der Waals surface area contributed by atoms with Crippen LogP contribution in [0.5, 0.6) is 5.75 Å². The summed E-state index contributed by atoms with van der Waals surface area (Å²) in [5, 5.41) is 5.75. The lowest BCUT2D eigenvalue weighted by Gasteiger charge is -2.24. The molecule has 29 heavy (non-hydrogen) atoms. The lowest BCUT2D eigenvalue weighted by Crippen LogP contribution is -2.30. The second-order valence-corrected chi connectivity index (χ2v) is 8.06. The van der Waals surface area contributed by atoms with E-state index in [0.29, 0.717) is 0 Å². The zero-order valence-corrected chi connectivity index (χ0v) is 16.5. The van der Waals surface area contributed by atoms with Crippen molar-refractivity contribution in [2.24, 2.45) is 0 Å². The molecule has 0 bridgehead atoms. The summed E-state index contributed by atoms with van der Waals surface area (Å²) in [6.07, 6.45) is 8.16. The van der Waals surface area contributed by atoms with E-state index in [2.05, 4.69) is 57.2 Å². The van der Waals surface area contributed by atoms with E-state index in [4.69, 9.17) is 9.72 Å². The van der Waals surface area contributed by atoms with Crippen molar-refractivity contribution in [2.75, 3.05) is 20.2 Å². The number of rotatable bonds is 2. The lowest BCUT2D eigenvalue weighted by molar-refractivity contribution is 0.259. The summed E-state index contributed by atoms with van der Waals surface area (Å²) in [6.45, 7) is 3.71. The van der Waals surface area contributed by atoms with E-state index in [1.807, 2.05) is 12.4 Å². The number of aromatic nitrogens is 4. The number of likely N-dealkylation sites (N-methyl/N-ethyl adjacent to an activating group) is 1.